The van der Waals surface area contributed by atoms with Crippen LogP contribution in [0.2, 0.25) is 0 Å². The molecule has 0 bridgehead atoms. The predicted octanol–water partition coefficient (Wildman–Crippen LogP) is 2.23. The molecule has 0 saturated carbocycles. The van der Waals surface area contributed by atoms with E-state index in [0.29, 0.717) is 31.2 Å². The van der Waals surface area contributed by atoms with Gasteiger partial charge in [-0.2, -0.15) is 0 Å². The van der Waals surface area contributed by atoms with Gasteiger partial charge in [-0.25, -0.2) is 0 Å². The van der Waals surface area contributed by atoms with Crippen molar-refractivity contribution in [2.75, 3.05) is 32.7 Å². The fourth-order valence-electron chi connectivity index (χ4n) is 4.73. The summed E-state index contributed by atoms with van der Waals surface area (Å²) in [6.45, 7) is 4.21. The number of hydrogen-bond donors (Lipinski definition) is 1. The molecular weight excluding hydrogens is 350 g/mol. The number of benzene rings is 1. The number of fused-ring (bicyclic) bond motifs is 1. The van der Waals surface area contributed by atoms with Crippen LogP contribution in [0.5, 0.6) is 0 Å². The molecule has 1 N–H and O–H groups in total. The SMILES string of the molecule is Cl.O=C1CCCCN1CCC(=O)N1C[C@@H]2CNC[C@@H]2[C@H]1c1ccccc1. The topological polar surface area (TPSA) is 52.7 Å². The van der Waals surface area contributed by atoms with E-state index in [9.17, 15) is 9.59 Å². The van der Waals surface area contributed by atoms with E-state index in [-0.39, 0.29) is 30.3 Å². The number of carbonyl (C=O) groups excluding carboxylic acids is 2. The van der Waals surface area contributed by atoms with E-state index in [0.717, 1.165) is 39.0 Å². The zero-order valence-electron chi connectivity index (χ0n) is 15.1. The van der Waals surface area contributed by atoms with E-state index < -0.39 is 0 Å². The second kappa shape index (κ2) is 8.40. The lowest BCUT2D eigenvalue weighted by atomic mass is 9.89. The van der Waals surface area contributed by atoms with Crippen molar-refractivity contribution in [3.63, 3.8) is 0 Å². The highest BCUT2D eigenvalue weighted by atomic mass is 35.5. The summed E-state index contributed by atoms with van der Waals surface area (Å²) in [5.41, 5.74) is 1.24. The third-order valence-corrected chi connectivity index (χ3v) is 6.04. The number of piperidine rings is 1. The first-order valence-corrected chi connectivity index (χ1v) is 9.57. The summed E-state index contributed by atoms with van der Waals surface area (Å²) < 4.78 is 0. The van der Waals surface area contributed by atoms with Crippen LogP contribution in [0.1, 0.15) is 37.3 Å². The van der Waals surface area contributed by atoms with Crippen LogP contribution in [0.4, 0.5) is 0 Å². The molecule has 0 radical (unpaired) electrons. The molecule has 0 aliphatic carbocycles. The van der Waals surface area contributed by atoms with Crippen LogP contribution in [-0.2, 0) is 9.59 Å². The second-order valence-electron chi connectivity index (χ2n) is 7.57. The number of hydrogen-bond acceptors (Lipinski definition) is 3. The third kappa shape index (κ3) is 3.74. The maximum absolute atomic E-state index is 13.0. The number of likely N-dealkylation sites (tertiary alicyclic amines) is 2. The second-order valence-corrected chi connectivity index (χ2v) is 7.57. The van der Waals surface area contributed by atoms with E-state index in [2.05, 4.69) is 34.5 Å². The van der Waals surface area contributed by atoms with Crippen molar-refractivity contribution in [2.24, 2.45) is 11.8 Å². The van der Waals surface area contributed by atoms with Crippen molar-refractivity contribution in [1.82, 2.24) is 15.1 Å². The first kappa shape index (κ1) is 19.2. The predicted molar refractivity (Wildman–Crippen MR) is 103 cm³/mol. The average Bonchev–Trinajstić information content (AvgIpc) is 3.22. The fraction of sp³-hybridized carbons (Fsp3) is 0.600. The van der Waals surface area contributed by atoms with Crippen LogP contribution < -0.4 is 5.32 Å². The Morgan fingerprint density at radius 2 is 1.96 bits per heavy atom. The Labute approximate surface area is 161 Å². The minimum Gasteiger partial charge on any atom is -0.342 e. The van der Waals surface area contributed by atoms with Gasteiger partial charge < -0.3 is 15.1 Å². The molecule has 3 aliphatic heterocycles. The van der Waals surface area contributed by atoms with E-state index in [4.69, 9.17) is 0 Å². The molecule has 2 amide bonds. The van der Waals surface area contributed by atoms with E-state index in [1.807, 2.05) is 11.0 Å². The lowest BCUT2D eigenvalue weighted by molar-refractivity contribution is -0.136. The highest BCUT2D eigenvalue weighted by Crippen LogP contribution is 2.42. The van der Waals surface area contributed by atoms with E-state index in [1.165, 1.54) is 5.56 Å². The van der Waals surface area contributed by atoms with Crippen molar-refractivity contribution < 1.29 is 9.59 Å². The van der Waals surface area contributed by atoms with Gasteiger partial charge in [-0.3, -0.25) is 9.59 Å². The Bertz CT molecular complexity index is 639. The molecule has 3 fully saturated rings. The van der Waals surface area contributed by atoms with Crippen molar-refractivity contribution in [2.45, 2.75) is 31.7 Å². The molecule has 0 spiro atoms. The van der Waals surface area contributed by atoms with Crippen LogP contribution in [0.15, 0.2) is 30.3 Å². The van der Waals surface area contributed by atoms with Gasteiger partial charge in [0.1, 0.15) is 0 Å². The van der Waals surface area contributed by atoms with Gasteiger partial charge >= 0.3 is 0 Å². The van der Waals surface area contributed by atoms with Crippen LogP contribution in [0.3, 0.4) is 0 Å². The molecule has 0 aromatic heterocycles. The van der Waals surface area contributed by atoms with Crippen LogP contribution in [0, 0.1) is 11.8 Å². The lowest BCUT2D eigenvalue weighted by Gasteiger charge is -2.30. The zero-order chi connectivity index (χ0) is 17.2. The Balaban J connectivity index is 0.00000196. The monoisotopic (exact) mass is 377 g/mol. The standard InChI is InChI=1S/C20H27N3O2.ClH/c24-18-8-4-5-10-22(18)11-9-19(25)23-14-16-12-21-13-17(16)20(23)15-6-2-1-3-7-15;/h1-3,6-7,16-17,20-21H,4-5,8-14H2;1H/t16-,17-,20+;/m0./s1. The molecule has 3 saturated heterocycles. The summed E-state index contributed by atoms with van der Waals surface area (Å²) in [6.07, 6.45) is 3.14. The van der Waals surface area contributed by atoms with Gasteiger partial charge in [-0.15, -0.1) is 12.4 Å². The first-order valence-electron chi connectivity index (χ1n) is 9.57. The molecule has 3 aliphatic rings. The van der Waals surface area contributed by atoms with Crippen LogP contribution >= 0.6 is 12.4 Å². The van der Waals surface area contributed by atoms with Crippen molar-refractivity contribution in [3.8, 4) is 0 Å². The molecule has 142 valence electrons. The van der Waals surface area contributed by atoms with Gasteiger partial charge in [-0.1, -0.05) is 30.3 Å². The largest absolute Gasteiger partial charge is 0.342 e. The summed E-state index contributed by atoms with van der Waals surface area (Å²) in [5.74, 6) is 1.46. The quantitative estimate of drug-likeness (QED) is 0.875. The van der Waals surface area contributed by atoms with Gasteiger partial charge in [0.05, 0.1) is 6.04 Å². The minimum absolute atomic E-state index is 0. The van der Waals surface area contributed by atoms with Crippen LogP contribution in [-0.4, -0.2) is 54.3 Å². The number of amides is 2. The summed E-state index contributed by atoms with van der Waals surface area (Å²) in [6, 6.07) is 10.6. The van der Waals surface area contributed by atoms with Crippen molar-refractivity contribution >= 4 is 24.2 Å². The van der Waals surface area contributed by atoms with E-state index in [1.54, 1.807) is 0 Å². The molecule has 4 rings (SSSR count). The lowest BCUT2D eigenvalue weighted by Crippen LogP contribution is -2.40. The fourth-order valence-corrected chi connectivity index (χ4v) is 4.73. The van der Waals surface area contributed by atoms with Gasteiger partial charge in [0, 0.05) is 51.5 Å². The molecule has 26 heavy (non-hydrogen) atoms. The molecule has 1 aromatic carbocycles. The number of rotatable bonds is 4. The van der Waals surface area contributed by atoms with Gasteiger partial charge in [0.2, 0.25) is 11.8 Å². The Kier molecular flexibility index (Phi) is 6.20. The number of nitrogens with one attached hydrogen (secondary N) is 1. The number of halogens is 1. The first-order chi connectivity index (χ1) is 12.2. The Hall–Kier alpha value is -1.59. The van der Waals surface area contributed by atoms with Gasteiger partial charge in [0.15, 0.2) is 0 Å². The molecule has 3 heterocycles. The molecule has 5 nitrogen and oxygen atoms in total. The van der Waals surface area contributed by atoms with E-state index >= 15 is 0 Å². The van der Waals surface area contributed by atoms with Gasteiger partial charge in [0.25, 0.3) is 0 Å². The Morgan fingerprint density at radius 1 is 1.15 bits per heavy atom. The summed E-state index contributed by atoms with van der Waals surface area (Å²) in [5, 5.41) is 3.48. The normalized spacial score (nSPS) is 28.0. The molecular formula is C20H28ClN3O2. The smallest absolute Gasteiger partial charge is 0.224 e. The highest BCUT2D eigenvalue weighted by Gasteiger charge is 2.46. The maximum Gasteiger partial charge on any atom is 0.224 e. The van der Waals surface area contributed by atoms with Crippen LogP contribution in [0.25, 0.3) is 0 Å². The summed E-state index contributed by atoms with van der Waals surface area (Å²) >= 11 is 0. The van der Waals surface area contributed by atoms with Gasteiger partial charge in [-0.05, 0) is 24.3 Å². The zero-order valence-corrected chi connectivity index (χ0v) is 15.9. The summed E-state index contributed by atoms with van der Waals surface area (Å²) in [7, 11) is 0. The third-order valence-electron chi connectivity index (χ3n) is 6.04. The van der Waals surface area contributed by atoms with Crippen molar-refractivity contribution in [1.29, 1.82) is 0 Å². The maximum atomic E-state index is 13.0. The molecule has 3 atom stereocenters. The van der Waals surface area contributed by atoms with Crippen molar-refractivity contribution in [3.05, 3.63) is 35.9 Å². The molecule has 0 unspecified atom stereocenters. The number of nitrogens with zero attached hydrogens (tertiary/aromatic N) is 2. The molecule has 6 heteroatoms. The molecule has 1 aromatic rings. The average molecular weight is 378 g/mol. The Morgan fingerprint density at radius 3 is 2.73 bits per heavy atom. The minimum atomic E-state index is 0. The number of carbonyl (C=O) groups is 2. The highest BCUT2D eigenvalue weighted by molar-refractivity contribution is 5.85. The summed E-state index contributed by atoms with van der Waals surface area (Å²) in [4.78, 5) is 28.9.